The first-order valence-electron chi connectivity index (χ1n) is 30.0. The van der Waals surface area contributed by atoms with Gasteiger partial charge in [-0.1, -0.05) is 81.6 Å². The largest absolute Gasteiger partial charge is 0.462 e. The van der Waals surface area contributed by atoms with Crippen LogP contribution in [0.3, 0.4) is 0 Å². The second-order valence-electron chi connectivity index (χ2n) is 25.1. The van der Waals surface area contributed by atoms with E-state index in [1.165, 1.54) is 0 Å². The predicted octanol–water partition coefficient (Wildman–Crippen LogP) is 10.2. The van der Waals surface area contributed by atoms with Crippen molar-refractivity contribution in [3.63, 3.8) is 0 Å². The first-order valence-corrected chi connectivity index (χ1v) is 30.0. The number of unbranched alkanes of at least 4 members (excludes halogenated alkanes) is 3. The zero-order valence-corrected chi connectivity index (χ0v) is 50.4. The molecule has 0 aromatic heterocycles. The van der Waals surface area contributed by atoms with Gasteiger partial charge in [-0.15, -0.1) is 0 Å². The minimum Gasteiger partial charge on any atom is -0.462 e. The van der Waals surface area contributed by atoms with Gasteiger partial charge in [-0.05, 0) is 129 Å². The van der Waals surface area contributed by atoms with Crippen LogP contribution < -0.4 is 0 Å². The van der Waals surface area contributed by atoms with E-state index in [4.69, 9.17) is 28.4 Å². The zero-order chi connectivity index (χ0) is 59.8. The monoisotopic (exact) mass is 1130 g/mol. The molecule has 18 heteroatoms. The Bertz CT molecular complexity index is 2460. The first kappa shape index (κ1) is 64.3. The van der Waals surface area contributed by atoms with Crippen LogP contribution in [0.4, 0.5) is 0 Å². The topological polar surface area (TPSA) is 239 Å². The second-order valence-corrected chi connectivity index (χ2v) is 25.1. The van der Waals surface area contributed by atoms with Gasteiger partial charge in [-0.3, -0.25) is 0 Å². The zero-order valence-electron chi connectivity index (χ0n) is 50.4. The third kappa shape index (κ3) is 16.4. The summed E-state index contributed by atoms with van der Waals surface area (Å²) in [6, 6.07) is 6.92. The molecule has 0 amide bonds. The Kier molecular flexibility index (Phi) is 23.1. The molecule has 0 bridgehead atoms. The maximum Gasteiger partial charge on any atom is 0.345 e. The Hall–Kier alpha value is -6.87. The van der Waals surface area contributed by atoms with Crippen molar-refractivity contribution < 1.29 is 57.2 Å². The van der Waals surface area contributed by atoms with Gasteiger partial charge in [-0.2, -0.15) is 15.8 Å². The predicted molar refractivity (Wildman–Crippen MR) is 304 cm³/mol. The van der Waals surface area contributed by atoms with Crippen LogP contribution in [-0.2, 0) is 57.2 Å². The van der Waals surface area contributed by atoms with E-state index in [-0.39, 0.29) is 72.5 Å². The molecule has 446 valence electrons. The third-order valence-electron chi connectivity index (χ3n) is 16.1. The Morgan fingerprint density at radius 2 is 0.634 bits per heavy atom. The normalized spacial score (nSPS) is 21.3. The molecule has 0 N–H and O–H groups in total. The Balaban J connectivity index is 1.45. The highest BCUT2D eigenvalue weighted by molar-refractivity contribution is 6.17. The molecular weight excluding hydrogens is 1040 g/mol. The molecule has 6 rings (SSSR count). The minimum absolute atomic E-state index is 0.00183. The summed E-state index contributed by atoms with van der Waals surface area (Å²) in [7, 11) is 0. The summed E-state index contributed by atoms with van der Waals surface area (Å²) in [6.45, 7) is 20.1. The van der Waals surface area contributed by atoms with E-state index < -0.39 is 94.5 Å². The first-order chi connectivity index (χ1) is 39.1. The number of ether oxygens (including phenoxy) is 6. The average Bonchev–Trinajstić information content (AvgIpc) is 3.11. The fourth-order valence-corrected chi connectivity index (χ4v) is 11.9. The molecule has 82 heavy (non-hydrogen) atoms. The molecule has 0 saturated carbocycles. The maximum atomic E-state index is 14.8. The van der Waals surface area contributed by atoms with Crippen LogP contribution in [0, 0.1) is 56.2 Å². The van der Waals surface area contributed by atoms with Gasteiger partial charge in [0, 0.05) is 56.4 Å². The van der Waals surface area contributed by atoms with Crippen LogP contribution in [0.25, 0.3) is 0 Å². The van der Waals surface area contributed by atoms with Crippen molar-refractivity contribution in [1.29, 1.82) is 15.8 Å². The summed E-state index contributed by atoms with van der Waals surface area (Å²) in [6.07, 6.45) is 11.2. The van der Waals surface area contributed by atoms with E-state index in [1.54, 1.807) is 0 Å². The van der Waals surface area contributed by atoms with E-state index >= 15 is 0 Å². The van der Waals surface area contributed by atoms with Gasteiger partial charge in [-0.25, -0.2) is 28.8 Å². The van der Waals surface area contributed by atoms with Crippen molar-refractivity contribution in [3.8, 4) is 18.2 Å². The smallest absolute Gasteiger partial charge is 0.345 e. The highest BCUT2D eigenvalue weighted by atomic mass is 16.6. The van der Waals surface area contributed by atoms with Gasteiger partial charge in [0.1, 0.15) is 54.7 Å². The fraction of sp³-hybridized carbons (Fsp3) is 0.672. The number of hydrogen-bond acceptors (Lipinski definition) is 18. The van der Waals surface area contributed by atoms with Crippen molar-refractivity contribution in [2.75, 3.05) is 78.9 Å². The quantitative estimate of drug-likeness (QED) is 0.0218. The lowest BCUT2D eigenvalue weighted by Gasteiger charge is -2.37. The number of likely N-dealkylation sites (tertiary alicyclic amines) is 3. The lowest BCUT2D eigenvalue weighted by molar-refractivity contribution is -0.151. The Morgan fingerprint density at radius 3 is 0.854 bits per heavy atom. The summed E-state index contributed by atoms with van der Waals surface area (Å²) < 4.78 is 35.2. The van der Waals surface area contributed by atoms with Crippen LogP contribution in [-0.4, -0.2) is 129 Å². The summed E-state index contributed by atoms with van der Waals surface area (Å²) in [5.41, 5.74) is 0.523. The second kappa shape index (κ2) is 29.4. The standard InChI is InChI=1S/C64H88N6O12/c1-10-13-28-77-56(71)53(44-31-62(4,5)34-50(47(44)37-65)68-22-16-17-23-68)59(74)80-40-43(41-81-60(75)54(57(72)78-29-14-11-2)45-32-63(6,7)35-51(48(45)38-66)69-24-18-19-25-69)42-82-61(76)55(58(73)79-30-15-12-3)46-33-64(8,9)36-52(49(46)39-67)70-26-20-21-27-70/h43H,10-36,40-42H2,1-9H3/b53-44+,54-45+,55-46+. The van der Waals surface area contributed by atoms with E-state index in [1.807, 2.05) is 62.3 Å². The highest BCUT2D eigenvalue weighted by Crippen LogP contribution is 2.48. The summed E-state index contributed by atoms with van der Waals surface area (Å²) in [4.78, 5) is 93.8. The van der Waals surface area contributed by atoms with Gasteiger partial charge >= 0.3 is 35.8 Å². The molecule has 6 aliphatic rings. The molecule has 0 atom stereocenters. The number of carbonyl (C=O) groups is 6. The molecule has 0 aromatic carbocycles. The number of esters is 6. The molecule has 18 nitrogen and oxygen atoms in total. The molecular formula is C64H88N6O12. The van der Waals surface area contributed by atoms with Crippen LogP contribution >= 0.6 is 0 Å². The van der Waals surface area contributed by atoms with Crippen molar-refractivity contribution in [2.45, 2.75) is 178 Å². The number of hydrogen-bond donors (Lipinski definition) is 0. The average molecular weight is 1130 g/mol. The van der Waals surface area contributed by atoms with Crippen LogP contribution in [0.15, 0.2) is 67.2 Å². The van der Waals surface area contributed by atoms with Crippen LogP contribution in [0.2, 0.25) is 0 Å². The maximum absolute atomic E-state index is 14.8. The molecule has 0 spiro atoms. The number of allylic oxidation sites excluding steroid dienone is 9. The van der Waals surface area contributed by atoms with E-state index in [9.17, 15) is 44.6 Å². The molecule has 3 aliphatic heterocycles. The van der Waals surface area contributed by atoms with Gasteiger partial charge in [0.15, 0.2) is 0 Å². The molecule has 3 aliphatic carbocycles. The van der Waals surface area contributed by atoms with Crippen molar-refractivity contribution >= 4 is 35.8 Å². The van der Waals surface area contributed by atoms with E-state index in [2.05, 4.69) is 32.9 Å². The highest BCUT2D eigenvalue weighted by Gasteiger charge is 2.43. The minimum atomic E-state index is -1.24. The summed E-state index contributed by atoms with van der Waals surface area (Å²) in [5, 5.41) is 32.4. The number of rotatable bonds is 24. The van der Waals surface area contributed by atoms with E-state index in [0.29, 0.717) is 97.1 Å². The molecule has 3 fully saturated rings. The van der Waals surface area contributed by atoms with Crippen molar-refractivity contribution in [3.05, 3.63) is 67.2 Å². The Labute approximate surface area is 486 Å². The number of nitrogens with zero attached hydrogens (tertiary/aromatic N) is 6. The SMILES string of the molecule is CCCCOC(=O)/C(C(=O)OCC(COC(=O)/C(C(=O)OCCCC)=C1\CC(C)(C)CC(N2CCCC2)=C1C#N)COC(=O)/C(C(=O)OCCCC)=C1\CC(C)(C)CC(N2CCCC2)=C1C#N)=C1/CC(C)(C)CC(N2CCCC2)=C1C#N. The van der Waals surface area contributed by atoms with Gasteiger partial charge in [0.05, 0.1) is 42.5 Å². The lowest BCUT2D eigenvalue weighted by atomic mass is 9.72. The lowest BCUT2D eigenvalue weighted by Crippen LogP contribution is -2.34. The fourth-order valence-electron chi connectivity index (χ4n) is 11.9. The summed E-state index contributed by atoms with van der Waals surface area (Å²) >= 11 is 0. The van der Waals surface area contributed by atoms with Gasteiger partial charge in [0.2, 0.25) is 0 Å². The van der Waals surface area contributed by atoms with E-state index in [0.717, 1.165) is 55.6 Å². The Morgan fingerprint density at radius 1 is 0.402 bits per heavy atom. The van der Waals surface area contributed by atoms with Crippen molar-refractivity contribution in [1.82, 2.24) is 14.7 Å². The molecule has 0 radical (unpaired) electrons. The number of carbonyl (C=O) groups excluding carboxylic acids is 6. The van der Waals surface area contributed by atoms with Crippen LogP contribution in [0.5, 0.6) is 0 Å². The van der Waals surface area contributed by atoms with Crippen LogP contribution in [0.1, 0.15) is 178 Å². The number of nitriles is 3. The molecule has 0 aromatic rings. The molecule has 0 unspecified atom stereocenters. The van der Waals surface area contributed by atoms with Gasteiger partial charge in [0.25, 0.3) is 0 Å². The molecule has 3 saturated heterocycles. The van der Waals surface area contributed by atoms with Crippen molar-refractivity contribution in [2.24, 2.45) is 22.2 Å². The summed E-state index contributed by atoms with van der Waals surface area (Å²) in [5.74, 6) is -7.53. The van der Waals surface area contributed by atoms with Gasteiger partial charge < -0.3 is 43.1 Å². The third-order valence-corrected chi connectivity index (χ3v) is 16.1. The molecule has 3 heterocycles.